The second-order valence-electron chi connectivity index (χ2n) is 6.04. The number of hydrogen-bond acceptors (Lipinski definition) is 4. The van der Waals surface area contributed by atoms with Gasteiger partial charge in [-0.3, -0.25) is 9.69 Å². The number of hydrogen-bond donors (Lipinski definition) is 2. The molecule has 2 aromatic rings. The quantitative estimate of drug-likeness (QED) is 0.865. The molecular formula is C19H20N2O4. The zero-order valence-corrected chi connectivity index (χ0v) is 13.7. The van der Waals surface area contributed by atoms with Gasteiger partial charge in [-0.25, -0.2) is 4.79 Å². The molecule has 6 heteroatoms. The minimum Gasteiger partial charge on any atom is -0.478 e. The number of carbonyl (C=O) groups excluding carboxylic acids is 1. The molecule has 0 saturated carbocycles. The van der Waals surface area contributed by atoms with Gasteiger partial charge in [0.05, 0.1) is 12.2 Å². The number of amides is 1. The largest absolute Gasteiger partial charge is 0.478 e. The van der Waals surface area contributed by atoms with Crippen molar-refractivity contribution in [1.82, 2.24) is 4.90 Å². The Bertz CT molecular complexity index is 773. The van der Waals surface area contributed by atoms with Gasteiger partial charge in [-0.15, -0.1) is 0 Å². The molecule has 130 valence electrons. The molecule has 1 fully saturated rings. The molecule has 0 radical (unpaired) electrons. The van der Waals surface area contributed by atoms with E-state index in [-0.39, 0.29) is 5.56 Å². The zero-order chi connectivity index (χ0) is 17.8. The Morgan fingerprint density at radius 1 is 1.16 bits per heavy atom. The van der Waals surface area contributed by atoms with E-state index in [9.17, 15) is 14.7 Å². The maximum Gasteiger partial charge on any atom is 0.336 e. The molecule has 0 unspecified atom stereocenters. The van der Waals surface area contributed by atoms with E-state index in [2.05, 4.69) is 4.90 Å². The van der Waals surface area contributed by atoms with Crippen molar-refractivity contribution in [2.45, 2.75) is 12.6 Å². The summed E-state index contributed by atoms with van der Waals surface area (Å²) in [6.45, 7) is 2.40. The average Bonchev–Trinajstić information content (AvgIpc) is 2.62. The van der Waals surface area contributed by atoms with Crippen LogP contribution in [0.2, 0.25) is 0 Å². The van der Waals surface area contributed by atoms with E-state index in [1.54, 1.807) is 18.2 Å². The molecule has 6 nitrogen and oxygen atoms in total. The van der Waals surface area contributed by atoms with Crippen molar-refractivity contribution < 1.29 is 19.4 Å². The fourth-order valence-electron chi connectivity index (χ4n) is 2.99. The second-order valence-corrected chi connectivity index (χ2v) is 6.04. The molecule has 1 aliphatic rings. The lowest BCUT2D eigenvalue weighted by atomic mass is 9.98. The van der Waals surface area contributed by atoms with Crippen molar-refractivity contribution in [1.29, 1.82) is 0 Å². The molecule has 1 amide bonds. The van der Waals surface area contributed by atoms with Gasteiger partial charge in [0.2, 0.25) is 5.91 Å². The van der Waals surface area contributed by atoms with E-state index >= 15 is 0 Å². The number of primary amides is 1. The number of benzene rings is 2. The van der Waals surface area contributed by atoms with Crippen molar-refractivity contribution >= 4 is 11.9 Å². The lowest BCUT2D eigenvalue weighted by Gasteiger charge is -2.31. The van der Waals surface area contributed by atoms with Crippen molar-refractivity contribution in [2.75, 3.05) is 19.7 Å². The molecule has 1 atom stereocenters. The van der Waals surface area contributed by atoms with Gasteiger partial charge in [0.1, 0.15) is 6.10 Å². The predicted molar refractivity (Wildman–Crippen MR) is 93.0 cm³/mol. The van der Waals surface area contributed by atoms with E-state index in [0.717, 1.165) is 17.7 Å². The predicted octanol–water partition coefficient (Wildman–Crippen LogP) is 1.74. The van der Waals surface area contributed by atoms with Crippen LogP contribution in [0.4, 0.5) is 0 Å². The van der Waals surface area contributed by atoms with Crippen LogP contribution in [-0.2, 0) is 16.1 Å². The lowest BCUT2D eigenvalue weighted by molar-refractivity contribution is -0.135. The van der Waals surface area contributed by atoms with Crippen molar-refractivity contribution in [3.05, 3.63) is 59.7 Å². The van der Waals surface area contributed by atoms with Crippen LogP contribution in [0.15, 0.2) is 48.5 Å². The highest BCUT2D eigenvalue weighted by molar-refractivity contribution is 5.95. The smallest absolute Gasteiger partial charge is 0.336 e. The standard InChI is InChI=1S/C19H20N2O4/c20-18(22)17-12-21(9-10-25-17)11-13-5-7-14(8-6-13)15-3-1-2-4-16(15)19(23)24/h1-8,17H,9-12H2,(H2,20,22)(H,23,24)/t17-/m0/s1. The van der Waals surface area contributed by atoms with E-state index < -0.39 is 18.0 Å². The topological polar surface area (TPSA) is 92.9 Å². The monoisotopic (exact) mass is 340 g/mol. The maximum absolute atomic E-state index is 11.4. The van der Waals surface area contributed by atoms with Gasteiger partial charge in [0.15, 0.2) is 0 Å². The van der Waals surface area contributed by atoms with Gasteiger partial charge in [-0.05, 0) is 22.8 Å². The Labute approximate surface area is 145 Å². The lowest BCUT2D eigenvalue weighted by Crippen LogP contribution is -2.47. The van der Waals surface area contributed by atoms with Crippen molar-refractivity contribution in [3.8, 4) is 11.1 Å². The molecule has 25 heavy (non-hydrogen) atoms. The first-order chi connectivity index (χ1) is 12.0. The minimum atomic E-state index is -0.939. The number of ether oxygens (including phenoxy) is 1. The molecule has 1 heterocycles. The number of carboxylic acid groups (broad SMARTS) is 1. The highest BCUT2D eigenvalue weighted by Gasteiger charge is 2.24. The van der Waals surface area contributed by atoms with Gasteiger partial charge in [0.25, 0.3) is 0 Å². The van der Waals surface area contributed by atoms with Gasteiger partial charge in [0, 0.05) is 19.6 Å². The molecule has 3 rings (SSSR count). The normalized spacial score (nSPS) is 18.0. The van der Waals surface area contributed by atoms with E-state index in [4.69, 9.17) is 10.5 Å². The third-order valence-corrected chi connectivity index (χ3v) is 4.30. The number of nitrogens with zero attached hydrogens (tertiary/aromatic N) is 1. The fourth-order valence-corrected chi connectivity index (χ4v) is 2.99. The average molecular weight is 340 g/mol. The van der Waals surface area contributed by atoms with Crippen LogP contribution >= 0.6 is 0 Å². The van der Waals surface area contributed by atoms with E-state index in [1.807, 2.05) is 30.3 Å². The third-order valence-electron chi connectivity index (χ3n) is 4.30. The summed E-state index contributed by atoms with van der Waals surface area (Å²) in [5.74, 6) is -1.38. The summed E-state index contributed by atoms with van der Waals surface area (Å²) in [5, 5.41) is 9.31. The molecular weight excluding hydrogens is 320 g/mol. The number of aromatic carboxylic acids is 1. The Kier molecular flexibility index (Phi) is 5.11. The van der Waals surface area contributed by atoms with Crippen molar-refractivity contribution in [2.24, 2.45) is 5.73 Å². The Morgan fingerprint density at radius 3 is 2.56 bits per heavy atom. The zero-order valence-electron chi connectivity index (χ0n) is 13.7. The van der Waals surface area contributed by atoms with Gasteiger partial charge in [-0.1, -0.05) is 42.5 Å². The van der Waals surface area contributed by atoms with Crippen LogP contribution < -0.4 is 5.73 Å². The van der Waals surface area contributed by atoms with Crippen LogP contribution in [0.5, 0.6) is 0 Å². The summed E-state index contributed by atoms with van der Waals surface area (Å²) in [6, 6.07) is 14.7. The SMILES string of the molecule is NC(=O)[C@@H]1CN(Cc2ccc(-c3ccccc3C(=O)O)cc2)CCO1. The number of carboxylic acids is 1. The molecule has 0 bridgehead atoms. The number of morpholine rings is 1. The number of carbonyl (C=O) groups is 2. The van der Waals surface area contributed by atoms with Crippen LogP contribution in [0.1, 0.15) is 15.9 Å². The molecule has 0 aliphatic carbocycles. The molecule has 1 aliphatic heterocycles. The summed E-state index contributed by atoms with van der Waals surface area (Å²) in [7, 11) is 0. The Morgan fingerprint density at radius 2 is 1.88 bits per heavy atom. The maximum atomic E-state index is 11.4. The first-order valence-corrected chi connectivity index (χ1v) is 8.09. The van der Waals surface area contributed by atoms with Gasteiger partial charge in [-0.2, -0.15) is 0 Å². The molecule has 3 N–H and O–H groups in total. The van der Waals surface area contributed by atoms with Gasteiger partial charge >= 0.3 is 5.97 Å². The molecule has 1 saturated heterocycles. The minimum absolute atomic E-state index is 0.285. The van der Waals surface area contributed by atoms with E-state index in [0.29, 0.717) is 25.3 Å². The summed E-state index contributed by atoms with van der Waals surface area (Å²) in [4.78, 5) is 24.7. The summed E-state index contributed by atoms with van der Waals surface area (Å²) in [5.41, 5.74) is 8.23. The fraction of sp³-hybridized carbons (Fsp3) is 0.263. The highest BCUT2D eigenvalue weighted by Crippen LogP contribution is 2.24. The highest BCUT2D eigenvalue weighted by atomic mass is 16.5. The first kappa shape index (κ1) is 17.1. The van der Waals surface area contributed by atoms with E-state index in [1.165, 1.54) is 0 Å². The molecule has 0 spiro atoms. The molecule has 2 aromatic carbocycles. The van der Waals surface area contributed by atoms with Gasteiger partial charge < -0.3 is 15.6 Å². The first-order valence-electron chi connectivity index (χ1n) is 8.09. The summed E-state index contributed by atoms with van der Waals surface area (Å²) >= 11 is 0. The van der Waals surface area contributed by atoms with Crippen LogP contribution in [0, 0.1) is 0 Å². The Hall–Kier alpha value is -2.70. The second kappa shape index (κ2) is 7.46. The summed E-state index contributed by atoms with van der Waals surface area (Å²) < 4.78 is 5.35. The third kappa shape index (κ3) is 4.04. The molecule has 0 aromatic heterocycles. The van der Waals surface area contributed by atoms with Crippen LogP contribution in [-0.4, -0.2) is 47.7 Å². The van der Waals surface area contributed by atoms with Crippen LogP contribution in [0.3, 0.4) is 0 Å². The number of nitrogens with two attached hydrogens (primary N) is 1. The summed E-state index contributed by atoms with van der Waals surface area (Å²) in [6.07, 6.45) is -0.560. The Balaban J connectivity index is 1.73. The van der Waals surface area contributed by atoms with Crippen molar-refractivity contribution in [3.63, 3.8) is 0 Å². The number of rotatable bonds is 5. The van der Waals surface area contributed by atoms with Crippen LogP contribution in [0.25, 0.3) is 11.1 Å².